The van der Waals surface area contributed by atoms with Crippen LogP contribution in [0.15, 0.2) is 0 Å². The van der Waals surface area contributed by atoms with Crippen molar-refractivity contribution >= 4 is 35.8 Å². The van der Waals surface area contributed by atoms with Crippen LogP contribution in [0, 0.1) is 0 Å². The van der Waals surface area contributed by atoms with Crippen LogP contribution in [0.4, 0.5) is 0 Å². The van der Waals surface area contributed by atoms with Crippen molar-refractivity contribution in [2.75, 3.05) is 0 Å². The third-order valence-corrected chi connectivity index (χ3v) is 0. The molecule has 0 N–H and O–H groups in total. The third-order valence-electron chi connectivity index (χ3n) is 0. The zero-order valence-corrected chi connectivity index (χ0v) is 18.1. The summed E-state index contributed by atoms with van der Waals surface area (Å²) in [5, 5.41) is 53.3. The van der Waals surface area contributed by atoms with Crippen molar-refractivity contribution in [2.45, 2.75) is 41.5 Å². The predicted molar refractivity (Wildman–Crippen MR) is 64.1 cm³/mol. The molecule has 14 heteroatoms. The SMILES string of the molecule is CC(=O)[O-].CC(=O)[O-].CC(=O)[O-].CC(=O)[O-].CC(=O)[O-].CC(=O)[O-].[Cu+2].[Zr+4]. The van der Waals surface area contributed by atoms with Crippen molar-refractivity contribution in [3.05, 3.63) is 0 Å². The maximum absolute atomic E-state index is 8.89. The Morgan fingerprint density at radius 2 is 0.385 bits per heavy atom. The predicted octanol–water partition coefficient (Wildman–Crippen LogP) is -7.47. The number of carbonyl (C=O) groups is 6. The normalized spacial score (nSPS) is 5.77. The fourth-order valence-corrected chi connectivity index (χ4v) is 0. The summed E-state index contributed by atoms with van der Waals surface area (Å²) in [6.07, 6.45) is 0. The molecule has 0 rings (SSSR count). The van der Waals surface area contributed by atoms with Crippen LogP contribution in [0.2, 0.25) is 0 Å². The molecule has 0 saturated carbocycles. The van der Waals surface area contributed by atoms with E-state index in [1.165, 1.54) is 0 Å². The molecule has 0 spiro atoms. The first-order valence-electron chi connectivity index (χ1n) is 5.45. The van der Waals surface area contributed by atoms with Crippen molar-refractivity contribution in [1.29, 1.82) is 0 Å². The minimum Gasteiger partial charge on any atom is -0.550 e. The monoisotopic (exact) mass is 507 g/mol. The Hall–Kier alpha value is -1.78. The summed E-state index contributed by atoms with van der Waals surface area (Å²) in [4.78, 5) is 53.3. The van der Waals surface area contributed by atoms with Crippen molar-refractivity contribution in [3.8, 4) is 0 Å². The molecule has 0 atom stereocenters. The first-order valence-corrected chi connectivity index (χ1v) is 5.45. The van der Waals surface area contributed by atoms with Gasteiger partial charge in [0.15, 0.2) is 0 Å². The van der Waals surface area contributed by atoms with E-state index < -0.39 is 35.8 Å². The Balaban J connectivity index is -0.0000000245. The van der Waals surface area contributed by atoms with Gasteiger partial charge < -0.3 is 59.4 Å². The van der Waals surface area contributed by atoms with E-state index >= 15 is 0 Å². The molecular weight excluding hydrogens is 491 g/mol. The van der Waals surface area contributed by atoms with E-state index in [-0.39, 0.29) is 43.3 Å². The van der Waals surface area contributed by atoms with E-state index in [0.717, 1.165) is 41.5 Å². The van der Waals surface area contributed by atoms with E-state index in [1.807, 2.05) is 0 Å². The van der Waals surface area contributed by atoms with E-state index in [1.54, 1.807) is 0 Å². The van der Waals surface area contributed by atoms with E-state index in [0.29, 0.717) is 0 Å². The molecule has 0 bridgehead atoms. The maximum atomic E-state index is 8.89. The molecule has 0 unspecified atom stereocenters. The molecule has 12 nitrogen and oxygen atoms in total. The van der Waals surface area contributed by atoms with Crippen LogP contribution in [0.3, 0.4) is 0 Å². The molecule has 0 amide bonds. The maximum Gasteiger partial charge on any atom is 4.00 e. The quantitative estimate of drug-likeness (QED) is 0.277. The van der Waals surface area contributed by atoms with E-state index in [9.17, 15) is 0 Å². The Labute approximate surface area is 179 Å². The van der Waals surface area contributed by atoms with Crippen LogP contribution in [0.1, 0.15) is 41.5 Å². The van der Waals surface area contributed by atoms with Crippen LogP contribution in [0.5, 0.6) is 0 Å². The fourth-order valence-electron chi connectivity index (χ4n) is 0. The molecule has 0 aliphatic rings. The van der Waals surface area contributed by atoms with Crippen LogP contribution in [0.25, 0.3) is 0 Å². The van der Waals surface area contributed by atoms with Gasteiger partial charge in [0, 0.05) is 35.8 Å². The minimum atomic E-state index is -1.08. The summed E-state index contributed by atoms with van der Waals surface area (Å²) in [5.41, 5.74) is 0. The van der Waals surface area contributed by atoms with Gasteiger partial charge in [-0.1, -0.05) is 0 Å². The minimum absolute atomic E-state index is 0. The summed E-state index contributed by atoms with van der Waals surface area (Å²) in [6.45, 7) is 5.83. The van der Waals surface area contributed by atoms with Crippen LogP contribution < -0.4 is 30.6 Å². The molecular formula is C12H18CuO12Zr. The zero-order chi connectivity index (χ0) is 21.5. The number of hydrogen-bond acceptors (Lipinski definition) is 12. The molecule has 0 fully saturated rings. The Kier molecular flexibility index (Phi) is 83.2. The number of carbonyl (C=O) groups excluding carboxylic acids is 6. The molecule has 0 aromatic rings. The van der Waals surface area contributed by atoms with Gasteiger partial charge in [0.05, 0.1) is 0 Å². The van der Waals surface area contributed by atoms with Gasteiger partial charge in [-0.15, -0.1) is 0 Å². The summed E-state index contributed by atoms with van der Waals surface area (Å²) in [7, 11) is 0. The second-order valence-corrected chi connectivity index (χ2v) is 2.95. The molecule has 0 aromatic heterocycles. The van der Waals surface area contributed by atoms with E-state index in [2.05, 4.69) is 0 Å². The first kappa shape index (κ1) is 49.6. The molecule has 0 aromatic carbocycles. The fraction of sp³-hybridized carbons (Fsp3) is 0.500. The molecule has 0 aliphatic carbocycles. The van der Waals surface area contributed by atoms with Gasteiger partial charge in [0.25, 0.3) is 0 Å². The van der Waals surface area contributed by atoms with Gasteiger partial charge in [-0.25, -0.2) is 0 Å². The number of aliphatic carboxylic acids is 6. The van der Waals surface area contributed by atoms with Gasteiger partial charge in [-0.2, -0.15) is 0 Å². The van der Waals surface area contributed by atoms with Gasteiger partial charge in [0.2, 0.25) is 0 Å². The average molecular weight is 509 g/mol. The third kappa shape index (κ3) is 3170. The summed E-state index contributed by atoms with van der Waals surface area (Å²) < 4.78 is 0. The number of hydrogen-bond donors (Lipinski definition) is 0. The molecule has 153 valence electrons. The van der Waals surface area contributed by atoms with Crippen LogP contribution in [-0.4, -0.2) is 35.8 Å². The Bertz CT molecular complexity index is 267. The number of carboxylic acids is 6. The smallest absolute Gasteiger partial charge is 0.550 e. The van der Waals surface area contributed by atoms with Gasteiger partial charge >= 0.3 is 43.3 Å². The van der Waals surface area contributed by atoms with Gasteiger partial charge in [0.1, 0.15) is 0 Å². The summed E-state index contributed by atoms with van der Waals surface area (Å²) in [6, 6.07) is 0. The summed E-state index contributed by atoms with van der Waals surface area (Å²) in [5.74, 6) is -6.50. The van der Waals surface area contributed by atoms with Crippen molar-refractivity contribution in [1.82, 2.24) is 0 Å². The average Bonchev–Trinajstić information content (AvgIpc) is 2.08. The first-order chi connectivity index (χ1) is 10.4. The van der Waals surface area contributed by atoms with Crippen molar-refractivity contribution < 1.29 is 103 Å². The van der Waals surface area contributed by atoms with Gasteiger partial charge in [-0.3, -0.25) is 0 Å². The molecule has 26 heavy (non-hydrogen) atoms. The van der Waals surface area contributed by atoms with E-state index in [4.69, 9.17) is 59.4 Å². The number of rotatable bonds is 0. The second-order valence-electron chi connectivity index (χ2n) is 2.95. The van der Waals surface area contributed by atoms with Gasteiger partial charge in [-0.05, 0) is 41.5 Å². The molecule has 0 aliphatic heterocycles. The second kappa shape index (κ2) is 43.6. The van der Waals surface area contributed by atoms with Crippen molar-refractivity contribution in [3.63, 3.8) is 0 Å². The largest absolute Gasteiger partial charge is 4.00 e. The van der Waals surface area contributed by atoms with Crippen LogP contribution >= 0.6 is 0 Å². The molecule has 0 heterocycles. The standard InChI is InChI=1S/6C2H4O2.Cu.Zr/c6*1-2(3)4;;/h6*1H3,(H,3,4);;/q;;;;;;+2;+4/p-6. The van der Waals surface area contributed by atoms with Crippen molar-refractivity contribution in [2.24, 2.45) is 0 Å². The zero-order valence-electron chi connectivity index (χ0n) is 14.7. The van der Waals surface area contributed by atoms with Crippen LogP contribution in [-0.2, 0) is 72.0 Å². The topological polar surface area (TPSA) is 241 Å². The Morgan fingerprint density at radius 1 is 0.385 bits per heavy atom. The molecule has 0 saturated heterocycles. The number of carboxylic acid groups (broad SMARTS) is 6. The molecule has 1 radical (unpaired) electrons. The summed E-state index contributed by atoms with van der Waals surface area (Å²) >= 11 is 0. The Morgan fingerprint density at radius 3 is 0.385 bits per heavy atom.